The lowest BCUT2D eigenvalue weighted by atomic mass is 10.1. The van der Waals surface area contributed by atoms with Crippen LogP contribution < -0.4 is 5.73 Å². The molecule has 4 nitrogen and oxygen atoms in total. The molecule has 0 saturated heterocycles. The predicted octanol–water partition coefficient (Wildman–Crippen LogP) is 1.82. The zero-order chi connectivity index (χ0) is 12.2. The molecular weight excluding hydrogens is 260 g/mol. The number of hydrogen-bond acceptors (Lipinski definition) is 4. The third-order valence-corrected chi connectivity index (χ3v) is 4.11. The van der Waals surface area contributed by atoms with E-state index in [9.17, 15) is 8.42 Å². The first-order valence-corrected chi connectivity index (χ1v) is 6.61. The molecule has 0 fully saturated rings. The smallest absolute Gasteiger partial charge is 0.178 e. The Morgan fingerprint density at radius 3 is 2.29 bits per heavy atom. The van der Waals surface area contributed by atoms with Gasteiger partial charge in [-0.1, -0.05) is 19.1 Å². The van der Waals surface area contributed by atoms with E-state index < -0.39 is 9.84 Å². The quantitative estimate of drug-likeness (QED) is 0.908. The Labute approximate surface area is 108 Å². The highest BCUT2D eigenvalue weighted by molar-refractivity contribution is 7.91. The van der Waals surface area contributed by atoms with E-state index in [1.807, 2.05) is 6.07 Å². The van der Waals surface area contributed by atoms with Crippen molar-refractivity contribution in [2.24, 2.45) is 5.73 Å². The average molecular weight is 275 g/mol. The van der Waals surface area contributed by atoms with E-state index in [4.69, 9.17) is 11.0 Å². The van der Waals surface area contributed by atoms with Crippen LogP contribution in [0.2, 0.25) is 0 Å². The Hall–Kier alpha value is -1.09. The van der Waals surface area contributed by atoms with Gasteiger partial charge in [0.05, 0.1) is 23.1 Å². The third-order valence-electron chi connectivity index (χ3n) is 2.36. The van der Waals surface area contributed by atoms with Crippen molar-refractivity contribution in [2.75, 3.05) is 5.75 Å². The lowest BCUT2D eigenvalue weighted by Crippen LogP contribution is -2.10. The Balaban J connectivity index is 0.00000256. The van der Waals surface area contributed by atoms with Crippen molar-refractivity contribution in [3.05, 3.63) is 29.8 Å². The molecule has 6 heteroatoms. The van der Waals surface area contributed by atoms with Crippen molar-refractivity contribution in [1.29, 1.82) is 5.26 Å². The van der Waals surface area contributed by atoms with E-state index in [1.165, 1.54) is 12.1 Å². The van der Waals surface area contributed by atoms with Gasteiger partial charge in [-0.05, 0) is 17.7 Å². The number of nitrogens with zero attached hydrogens (tertiary/aromatic N) is 1. The van der Waals surface area contributed by atoms with Gasteiger partial charge in [0, 0.05) is 6.04 Å². The molecule has 2 N–H and O–H groups in total. The standard InChI is InChI=1S/C11H14N2O2S.ClH/c1-2-16(14,15)10-5-3-9(4-6-10)11(13)7-8-12;/h3-6,11H,2,7,13H2,1H3;1H. The summed E-state index contributed by atoms with van der Waals surface area (Å²) >= 11 is 0. The predicted molar refractivity (Wildman–Crippen MR) is 68.6 cm³/mol. The average Bonchev–Trinajstić information content (AvgIpc) is 2.29. The van der Waals surface area contributed by atoms with Crippen LogP contribution in [0.5, 0.6) is 0 Å². The zero-order valence-electron chi connectivity index (χ0n) is 9.46. The highest BCUT2D eigenvalue weighted by Crippen LogP contribution is 2.17. The molecule has 0 aliphatic heterocycles. The number of nitrogens with two attached hydrogens (primary N) is 1. The molecule has 0 aliphatic rings. The van der Waals surface area contributed by atoms with Gasteiger partial charge in [0.15, 0.2) is 9.84 Å². The normalized spacial score (nSPS) is 12.3. The molecule has 94 valence electrons. The number of sulfone groups is 1. The van der Waals surface area contributed by atoms with E-state index in [-0.39, 0.29) is 30.6 Å². The molecule has 0 aromatic heterocycles. The van der Waals surface area contributed by atoms with Gasteiger partial charge >= 0.3 is 0 Å². The summed E-state index contributed by atoms with van der Waals surface area (Å²) in [7, 11) is -3.16. The Morgan fingerprint density at radius 1 is 1.35 bits per heavy atom. The molecule has 1 aromatic rings. The van der Waals surface area contributed by atoms with Crippen LogP contribution in [-0.2, 0) is 9.84 Å². The molecule has 1 rings (SSSR count). The van der Waals surface area contributed by atoms with E-state index in [0.717, 1.165) is 5.56 Å². The minimum atomic E-state index is -3.16. The maximum Gasteiger partial charge on any atom is 0.178 e. The van der Waals surface area contributed by atoms with E-state index in [0.29, 0.717) is 4.90 Å². The molecule has 1 unspecified atom stereocenters. The summed E-state index contributed by atoms with van der Waals surface area (Å²) < 4.78 is 23.0. The summed E-state index contributed by atoms with van der Waals surface area (Å²) in [6.45, 7) is 1.60. The first-order valence-electron chi connectivity index (χ1n) is 4.96. The van der Waals surface area contributed by atoms with Crippen molar-refractivity contribution >= 4 is 22.2 Å². The molecule has 0 heterocycles. The van der Waals surface area contributed by atoms with Gasteiger partial charge in [-0.25, -0.2) is 8.42 Å². The minimum absolute atomic E-state index is 0. The fourth-order valence-electron chi connectivity index (χ4n) is 1.31. The molecule has 17 heavy (non-hydrogen) atoms. The largest absolute Gasteiger partial charge is 0.323 e. The summed E-state index contributed by atoms with van der Waals surface area (Å²) in [6, 6.07) is 8.00. The van der Waals surface area contributed by atoms with Crippen LogP contribution in [0.3, 0.4) is 0 Å². The number of halogens is 1. The third kappa shape index (κ3) is 4.00. The van der Waals surface area contributed by atoms with Crippen LogP contribution in [0.25, 0.3) is 0 Å². The highest BCUT2D eigenvalue weighted by atomic mass is 35.5. The monoisotopic (exact) mass is 274 g/mol. The molecule has 1 aromatic carbocycles. The molecular formula is C11H15ClN2O2S. The summed E-state index contributed by atoms with van der Waals surface area (Å²) in [4.78, 5) is 0.294. The topological polar surface area (TPSA) is 83.9 Å². The summed E-state index contributed by atoms with van der Waals surface area (Å²) in [5.41, 5.74) is 6.50. The zero-order valence-corrected chi connectivity index (χ0v) is 11.1. The maximum absolute atomic E-state index is 11.5. The maximum atomic E-state index is 11.5. The number of hydrogen-bond donors (Lipinski definition) is 1. The number of benzene rings is 1. The minimum Gasteiger partial charge on any atom is -0.323 e. The van der Waals surface area contributed by atoms with Gasteiger partial charge in [-0.3, -0.25) is 0 Å². The van der Waals surface area contributed by atoms with Crippen LogP contribution in [0.1, 0.15) is 24.9 Å². The van der Waals surface area contributed by atoms with Gasteiger partial charge in [0.25, 0.3) is 0 Å². The van der Waals surface area contributed by atoms with Crippen LogP contribution >= 0.6 is 12.4 Å². The lowest BCUT2D eigenvalue weighted by Gasteiger charge is -2.08. The summed E-state index contributed by atoms with van der Waals surface area (Å²) in [5, 5.41) is 8.49. The highest BCUT2D eigenvalue weighted by Gasteiger charge is 2.12. The van der Waals surface area contributed by atoms with Crippen LogP contribution in [0.15, 0.2) is 29.2 Å². The Kier molecular flexibility index (Phi) is 6.18. The first-order chi connectivity index (χ1) is 7.51. The molecule has 0 aliphatic carbocycles. The fourth-order valence-corrected chi connectivity index (χ4v) is 2.19. The second-order valence-electron chi connectivity index (χ2n) is 3.44. The number of rotatable bonds is 4. The summed E-state index contributed by atoms with van der Waals surface area (Å²) in [5.74, 6) is 0.0800. The van der Waals surface area contributed by atoms with Crippen molar-refractivity contribution in [3.63, 3.8) is 0 Å². The van der Waals surface area contributed by atoms with Crippen molar-refractivity contribution in [1.82, 2.24) is 0 Å². The molecule has 0 amide bonds. The number of nitriles is 1. The molecule has 1 atom stereocenters. The second-order valence-corrected chi connectivity index (χ2v) is 5.72. The van der Waals surface area contributed by atoms with Gasteiger partial charge in [-0.2, -0.15) is 5.26 Å². The Bertz CT molecular complexity index is 491. The van der Waals surface area contributed by atoms with Crippen LogP contribution in [0.4, 0.5) is 0 Å². The van der Waals surface area contributed by atoms with Gasteiger partial charge in [0.2, 0.25) is 0 Å². The van der Waals surface area contributed by atoms with Crippen molar-refractivity contribution < 1.29 is 8.42 Å². The molecule has 0 spiro atoms. The van der Waals surface area contributed by atoms with Crippen LogP contribution in [-0.4, -0.2) is 14.2 Å². The van der Waals surface area contributed by atoms with Crippen LogP contribution in [0, 0.1) is 11.3 Å². The van der Waals surface area contributed by atoms with E-state index >= 15 is 0 Å². The Morgan fingerprint density at radius 2 is 1.88 bits per heavy atom. The molecule has 0 radical (unpaired) electrons. The first kappa shape index (κ1) is 15.9. The van der Waals surface area contributed by atoms with Gasteiger partial charge < -0.3 is 5.73 Å². The van der Waals surface area contributed by atoms with E-state index in [2.05, 4.69) is 0 Å². The molecule has 0 bridgehead atoms. The van der Waals surface area contributed by atoms with E-state index in [1.54, 1.807) is 19.1 Å². The second kappa shape index (κ2) is 6.60. The SMILES string of the molecule is CCS(=O)(=O)c1ccc(C(N)CC#N)cc1.Cl. The van der Waals surface area contributed by atoms with Gasteiger partial charge in [-0.15, -0.1) is 12.4 Å². The fraction of sp³-hybridized carbons (Fsp3) is 0.364. The van der Waals surface area contributed by atoms with Crippen molar-refractivity contribution in [2.45, 2.75) is 24.3 Å². The molecule has 0 saturated carbocycles. The van der Waals surface area contributed by atoms with Crippen molar-refractivity contribution in [3.8, 4) is 6.07 Å². The van der Waals surface area contributed by atoms with Gasteiger partial charge in [0.1, 0.15) is 0 Å². The lowest BCUT2D eigenvalue weighted by molar-refractivity contribution is 0.597. The summed E-state index contributed by atoms with van der Waals surface area (Å²) in [6.07, 6.45) is 0.222.